The zero-order valence-corrected chi connectivity index (χ0v) is 13.3. The summed E-state index contributed by atoms with van der Waals surface area (Å²) < 4.78 is 15.6. The van der Waals surface area contributed by atoms with Gasteiger partial charge in [-0.2, -0.15) is 0 Å². The average Bonchev–Trinajstić information content (AvgIpc) is 2.47. The minimum atomic E-state index is -1.15. The fourth-order valence-corrected chi connectivity index (χ4v) is 1.85. The van der Waals surface area contributed by atoms with Crippen LogP contribution in [-0.2, 0) is 19.1 Å². The standard InChI is InChI=1S/C17H22O5/c1-5-20-16(18)15(17(19)21-6-2)13-9-7-8-10-14(13)22-11-12(3)4/h7-10,15H,3,5-6,11H2,1-2,4H3. The summed E-state index contributed by atoms with van der Waals surface area (Å²) >= 11 is 0. The van der Waals surface area contributed by atoms with Crippen molar-refractivity contribution in [3.05, 3.63) is 42.0 Å². The molecule has 0 aliphatic carbocycles. The van der Waals surface area contributed by atoms with E-state index in [1.807, 2.05) is 6.92 Å². The van der Waals surface area contributed by atoms with Gasteiger partial charge in [-0.3, -0.25) is 9.59 Å². The summed E-state index contributed by atoms with van der Waals surface area (Å²) in [6.07, 6.45) is 0. The van der Waals surface area contributed by atoms with Crippen molar-refractivity contribution in [1.29, 1.82) is 0 Å². The van der Waals surface area contributed by atoms with E-state index in [2.05, 4.69) is 6.58 Å². The number of rotatable bonds is 8. The van der Waals surface area contributed by atoms with Gasteiger partial charge in [-0.1, -0.05) is 24.8 Å². The minimum Gasteiger partial charge on any atom is -0.489 e. The Hall–Kier alpha value is -2.30. The molecule has 0 aliphatic rings. The Kier molecular flexibility index (Phi) is 7.16. The van der Waals surface area contributed by atoms with Crippen LogP contribution in [-0.4, -0.2) is 31.8 Å². The normalized spacial score (nSPS) is 10.2. The van der Waals surface area contributed by atoms with E-state index in [1.165, 1.54) is 0 Å². The number of esters is 2. The van der Waals surface area contributed by atoms with E-state index in [-0.39, 0.29) is 13.2 Å². The number of carbonyl (C=O) groups is 2. The van der Waals surface area contributed by atoms with E-state index in [9.17, 15) is 9.59 Å². The van der Waals surface area contributed by atoms with Crippen LogP contribution < -0.4 is 4.74 Å². The lowest BCUT2D eigenvalue weighted by molar-refractivity contribution is -0.157. The number of carbonyl (C=O) groups excluding carboxylic acids is 2. The van der Waals surface area contributed by atoms with Crippen molar-refractivity contribution in [3.63, 3.8) is 0 Å². The van der Waals surface area contributed by atoms with Gasteiger partial charge in [-0.05, 0) is 32.4 Å². The SMILES string of the molecule is C=C(C)COc1ccccc1C(C(=O)OCC)C(=O)OCC. The van der Waals surface area contributed by atoms with Gasteiger partial charge in [0.25, 0.3) is 0 Å². The van der Waals surface area contributed by atoms with Gasteiger partial charge in [0.2, 0.25) is 0 Å². The van der Waals surface area contributed by atoms with E-state index in [0.29, 0.717) is 17.9 Å². The highest BCUT2D eigenvalue weighted by Gasteiger charge is 2.33. The summed E-state index contributed by atoms with van der Waals surface area (Å²) in [5, 5.41) is 0. The first-order chi connectivity index (χ1) is 10.5. The third-order valence-electron chi connectivity index (χ3n) is 2.75. The molecule has 1 aromatic rings. The predicted octanol–water partition coefficient (Wildman–Crippen LogP) is 2.85. The molecule has 0 atom stereocenters. The summed E-state index contributed by atoms with van der Waals surface area (Å²) in [6, 6.07) is 6.86. The lowest BCUT2D eigenvalue weighted by atomic mass is 9.98. The van der Waals surface area contributed by atoms with Crippen molar-refractivity contribution < 1.29 is 23.8 Å². The molecule has 0 heterocycles. The van der Waals surface area contributed by atoms with Gasteiger partial charge >= 0.3 is 11.9 Å². The monoisotopic (exact) mass is 306 g/mol. The zero-order valence-electron chi connectivity index (χ0n) is 13.3. The van der Waals surface area contributed by atoms with Crippen molar-refractivity contribution in [1.82, 2.24) is 0 Å². The summed E-state index contributed by atoms with van der Waals surface area (Å²) in [5.74, 6) is -2.00. The highest BCUT2D eigenvalue weighted by Crippen LogP contribution is 2.29. The second-order valence-electron chi connectivity index (χ2n) is 4.72. The number of benzene rings is 1. The Morgan fingerprint density at radius 3 is 2.14 bits per heavy atom. The fourth-order valence-electron chi connectivity index (χ4n) is 1.85. The van der Waals surface area contributed by atoms with E-state index >= 15 is 0 Å². The molecule has 120 valence electrons. The number of hydrogen-bond donors (Lipinski definition) is 0. The molecule has 5 heteroatoms. The molecule has 0 unspecified atom stereocenters. The quantitative estimate of drug-likeness (QED) is 0.420. The molecule has 0 aliphatic heterocycles. The summed E-state index contributed by atoms with van der Waals surface area (Å²) in [7, 11) is 0. The molecule has 0 amide bonds. The van der Waals surface area contributed by atoms with E-state index in [1.54, 1.807) is 38.1 Å². The molecule has 0 radical (unpaired) electrons. The maximum Gasteiger partial charge on any atom is 0.325 e. The number of ether oxygens (including phenoxy) is 3. The molecule has 0 fully saturated rings. The maximum absolute atomic E-state index is 12.2. The first-order valence-corrected chi connectivity index (χ1v) is 7.20. The lowest BCUT2D eigenvalue weighted by Gasteiger charge is -2.18. The molecule has 5 nitrogen and oxygen atoms in total. The predicted molar refractivity (Wildman–Crippen MR) is 82.8 cm³/mol. The van der Waals surface area contributed by atoms with Gasteiger partial charge in [0, 0.05) is 5.56 Å². The molecular weight excluding hydrogens is 284 g/mol. The van der Waals surface area contributed by atoms with Crippen molar-refractivity contribution >= 4 is 11.9 Å². The largest absolute Gasteiger partial charge is 0.489 e. The Bertz CT molecular complexity index is 518. The van der Waals surface area contributed by atoms with Gasteiger partial charge in [-0.25, -0.2) is 0 Å². The number of hydrogen-bond acceptors (Lipinski definition) is 5. The minimum absolute atomic E-state index is 0.184. The fraction of sp³-hybridized carbons (Fsp3) is 0.412. The van der Waals surface area contributed by atoms with Gasteiger partial charge < -0.3 is 14.2 Å². The highest BCUT2D eigenvalue weighted by atomic mass is 16.6. The third kappa shape index (κ3) is 4.91. The molecular formula is C17H22O5. The average molecular weight is 306 g/mol. The van der Waals surface area contributed by atoms with Crippen LogP contribution in [0.1, 0.15) is 32.3 Å². The van der Waals surface area contributed by atoms with E-state index in [0.717, 1.165) is 5.57 Å². The first-order valence-electron chi connectivity index (χ1n) is 7.20. The zero-order chi connectivity index (χ0) is 16.5. The van der Waals surface area contributed by atoms with E-state index < -0.39 is 17.9 Å². The maximum atomic E-state index is 12.2. The van der Waals surface area contributed by atoms with Crippen molar-refractivity contribution in [2.45, 2.75) is 26.7 Å². The highest BCUT2D eigenvalue weighted by molar-refractivity contribution is 6.01. The first kappa shape index (κ1) is 17.8. The van der Waals surface area contributed by atoms with Gasteiger partial charge in [0.1, 0.15) is 12.4 Å². The summed E-state index contributed by atoms with van der Waals surface area (Å²) in [4.78, 5) is 24.3. The molecule has 0 saturated carbocycles. The second-order valence-corrected chi connectivity index (χ2v) is 4.72. The molecule has 1 aromatic carbocycles. The van der Waals surface area contributed by atoms with Crippen LogP contribution in [0.4, 0.5) is 0 Å². The van der Waals surface area contributed by atoms with Crippen molar-refractivity contribution in [2.24, 2.45) is 0 Å². The van der Waals surface area contributed by atoms with E-state index in [4.69, 9.17) is 14.2 Å². The second kappa shape index (κ2) is 8.87. The molecule has 0 spiro atoms. The van der Waals surface area contributed by atoms with Gasteiger partial charge in [0.15, 0.2) is 5.92 Å². The molecule has 0 aromatic heterocycles. The number of para-hydroxylation sites is 1. The van der Waals surface area contributed by atoms with Gasteiger partial charge in [-0.15, -0.1) is 0 Å². The summed E-state index contributed by atoms with van der Waals surface area (Å²) in [5.41, 5.74) is 1.26. The van der Waals surface area contributed by atoms with Crippen LogP contribution in [0, 0.1) is 0 Å². The molecule has 0 bridgehead atoms. The van der Waals surface area contributed by atoms with Crippen LogP contribution in [0.3, 0.4) is 0 Å². The molecule has 0 N–H and O–H groups in total. The van der Waals surface area contributed by atoms with Crippen LogP contribution in [0.5, 0.6) is 5.75 Å². The Morgan fingerprint density at radius 2 is 1.64 bits per heavy atom. The van der Waals surface area contributed by atoms with Crippen molar-refractivity contribution in [3.8, 4) is 5.75 Å². The smallest absolute Gasteiger partial charge is 0.325 e. The molecule has 1 rings (SSSR count). The van der Waals surface area contributed by atoms with Crippen LogP contribution in [0.15, 0.2) is 36.4 Å². The lowest BCUT2D eigenvalue weighted by Crippen LogP contribution is -2.26. The van der Waals surface area contributed by atoms with Gasteiger partial charge in [0.05, 0.1) is 13.2 Å². The van der Waals surface area contributed by atoms with Crippen molar-refractivity contribution in [2.75, 3.05) is 19.8 Å². The Balaban J connectivity index is 3.15. The Labute approximate surface area is 130 Å². The molecule has 0 saturated heterocycles. The van der Waals surface area contributed by atoms with Crippen LogP contribution >= 0.6 is 0 Å². The topological polar surface area (TPSA) is 61.8 Å². The molecule has 22 heavy (non-hydrogen) atoms. The van der Waals surface area contributed by atoms with Crippen LogP contribution in [0.2, 0.25) is 0 Å². The summed E-state index contributed by atoms with van der Waals surface area (Å²) in [6.45, 7) is 9.63. The Morgan fingerprint density at radius 1 is 1.09 bits per heavy atom. The third-order valence-corrected chi connectivity index (χ3v) is 2.75. The van der Waals surface area contributed by atoms with Crippen LogP contribution in [0.25, 0.3) is 0 Å².